The van der Waals surface area contributed by atoms with E-state index in [1.54, 1.807) is 18.2 Å². The monoisotopic (exact) mass is 427 g/mol. The number of benzene rings is 2. The minimum atomic E-state index is -4.42. The fraction of sp³-hybridized carbons (Fsp3) is 0.409. The van der Waals surface area contributed by atoms with Crippen molar-refractivity contribution in [3.63, 3.8) is 0 Å². The van der Waals surface area contributed by atoms with Gasteiger partial charge in [-0.05, 0) is 36.2 Å². The first-order valence-corrected chi connectivity index (χ1v) is 9.68. The van der Waals surface area contributed by atoms with Crippen LogP contribution in [0, 0.1) is 0 Å². The van der Waals surface area contributed by atoms with E-state index in [0.29, 0.717) is 61.4 Å². The summed E-state index contributed by atoms with van der Waals surface area (Å²) in [5.41, 5.74) is 0.755. The van der Waals surface area contributed by atoms with Crippen LogP contribution in [-0.4, -0.2) is 43.3 Å². The average molecular weight is 427 g/mol. The van der Waals surface area contributed by atoms with Gasteiger partial charge in [-0.2, -0.15) is 13.2 Å². The maximum absolute atomic E-state index is 13.2. The average Bonchev–Trinajstić information content (AvgIpc) is 2.71. The molecule has 3 nitrogen and oxygen atoms in total. The summed E-state index contributed by atoms with van der Waals surface area (Å²) in [6.45, 7) is 1.58. The van der Waals surface area contributed by atoms with E-state index in [4.69, 9.17) is 4.74 Å². The summed E-state index contributed by atoms with van der Waals surface area (Å²) < 4.78 is 70.6. The van der Waals surface area contributed by atoms with Gasteiger partial charge < -0.3 is 9.64 Å². The molecule has 1 saturated heterocycles. The van der Waals surface area contributed by atoms with Gasteiger partial charge in [-0.25, -0.2) is 8.78 Å². The Labute approximate surface area is 171 Å². The first-order valence-electron chi connectivity index (χ1n) is 9.68. The number of carbonyl (C=O) groups excluding carboxylic acids is 1. The zero-order valence-corrected chi connectivity index (χ0v) is 16.2. The second-order valence-corrected chi connectivity index (χ2v) is 7.35. The molecule has 2 aromatic carbocycles. The SMILES string of the molecule is O=Cc1ccc(-c2ccc(C(F)(F)F)cc2)c(OCCCN2CCC(F)(F)CC2)c1. The van der Waals surface area contributed by atoms with E-state index in [2.05, 4.69) is 0 Å². The molecule has 0 saturated carbocycles. The van der Waals surface area contributed by atoms with E-state index in [-0.39, 0.29) is 12.8 Å². The summed E-state index contributed by atoms with van der Waals surface area (Å²) in [6, 6.07) is 9.47. The summed E-state index contributed by atoms with van der Waals surface area (Å²) >= 11 is 0. The molecule has 0 unspecified atom stereocenters. The first-order chi connectivity index (χ1) is 14.2. The molecule has 1 aliphatic heterocycles. The molecule has 0 amide bonds. The Morgan fingerprint density at radius 1 is 1.03 bits per heavy atom. The lowest BCUT2D eigenvalue weighted by Gasteiger charge is -2.31. The number of hydrogen-bond acceptors (Lipinski definition) is 3. The number of halogens is 5. The lowest BCUT2D eigenvalue weighted by Crippen LogP contribution is -2.40. The van der Waals surface area contributed by atoms with Crippen molar-refractivity contribution >= 4 is 6.29 Å². The minimum absolute atomic E-state index is 0.146. The third-order valence-electron chi connectivity index (χ3n) is 5.13. The normalized spacial score (nSPS) is 17.0. The summed E-state index contributed by atoms with van der Waals surface area (Å²) in [5, 5.41) is 0. The highest BCUT2D eigenvalue weighted by molar-refractivity contribution is 5.80. The quantitative estimate of drug-likeness (QED) is 0.323. The molecule has 0 atom stereocenters. The van der Waals surface area contributed by atoms with Crippen LogP contribution >= 0.6 is 0 Å². The van der Waals surface area contributed by atoms with Crippen LogP contribution in [0.4, 0.5) is 22.0 Å². The summed E-state index contributed by atoms with van der Waals surface area (Å²) in [5.74, 6) is -2.19. The van der Waals surface area contributed by atoms with Crippen molar-refractivity contribution in [2.75, 3.05) is 26.2 Å². The molecule has 0 aromatic heterocycles. The molecule has 0 radical (unpaired) electrons. The third kappa shape index (κ3) is 5.78. The van der Waals surface area contributed by atoms with Crippen molar-refractivity contribution in [1.29, 1.82) is 0 Å². The van der Waals surface area contributed by atoms with Gasteiger partial charge in [-0.3, -0.25) is 4.79 Å². The van der Waals surface area contributed by atoms with Crippen LogP contribution in [0.5, 0.6) is 5.75 Å². The van der Waals surface area contributed by atoms with Crippen molar-refractivity contribution in [1.82, 2.24) is 4.90 Å². The van der Waals surface area contributed by atoms with E-state index in [0.717, 1.165) is 12.1 Å². The van der Waals surface area contributed by atoms with Crippen molar-refractivity contribution in [2.24, 2.45) is 0 Å². The maximum atomic E-state index is 13.2. The molecule has 162 valence electrons. The van der Waals surface area contributed by atoms with Gasteiger partial charge in [0.15, 0.2) is 0 Å². The van der Waals surface area contributed by atoms with E-state index < -0.39 is 17.7 Å². The van der Waals surface area contributed by atoms with Crippen LogP contribution in [0.25, 0.3) is 11.1 Å². The van der Waals surface area contributed by atoms with Gasteiger partial charge in [-0.15, -0.1) is 0 Å². The standard InChI is InChI=1S/C22H22F5NO2/c23-21(24)8-11-28(12-9-21)10-1-13-30-20-14-16(15-29)2-7-19(20)17-3-5-18(6-4-17)22(25,26)27/h2-7,14-15H,1,8-13H2. The van der Waals surface area contributed by atoms with E-state index in [1.807, 2.05) is 4.90 Å². The molecule has 30 heavy (non-hydrogen) atoms. The predicted molar refractivity (Wildman–Crippen MR) is 103 cm³/mol. The Hall–Kier alpha value is -2.48. The largest absolute Gasteiger partial charge is 0.493 e. The zero-order valence-electron chi connectivity index (χ0n) is 16.2. The molecule has 2 aromatic rings. The van der Waals surface area contributed by atoms with Gasteiger partial charge in [-0.1, -0.05) is 18.2 Å². The molecule has 3 rings (SSSR count). The van der Waals surface area contributed by atoms with Crippen LogP contribution in [0.1, 0.15) is 35.2 Å². The Morgan fingerprint density at radius 3 is 2.30 bits per heavy atom. The van der Waals surface area contributed by atoms with Crippen molar-refractivity contribution in [3.05, 3.63) is 53.6 Å². The lowest BCUT2D eigenvalue weighted by atomic mass is 10.0. The van der Waals surface area contributed by atoms with Crippen molar-refractivity contribution in [3.8, 4) is 16.9 Å². The van der Waals surface area contributed by atoms with Crippen molar-refractivity contribution < 1.29 is 31.5 Å². The number of alkyl halides is 5. The number of aldehydes is 1. The third-order valence-corrected chi connectivity index (χ3v) is 5.13. The van der Waals surface area contributed by atoms with Crippen LogP contribution in [-0.2, 0) is 6.18 Å². The highest BCUT2D eigenvalue weighted by Gasteiger charge is 2.33. The second kappa shape index (κ2) is 9.12. The van der Waals surface area contributed by atoms with Gasteiger partial charge in [0.1, 0.15) is 12.0 Å². The molecule has 1 fully saturated rings. The summed E-state index contributed by atoms with van der Waals surface area (Å²) in [4.78, 5) is 13.1. The number of piperidine rings is 1. The topological polar surface area (TPSA) is 29.5 Å². The summed E-state index contributed by atoms with van der Waals surface area (Å²) in [6.07, 6.45) is -3.45. The van der Waals surface area contributed by atoms with Crippen LogP contribution in [0.2, 0.25) is 0 Å². The molecular weight excluding hydrogens is 405 g/mol. The second-order valence-electron chi connectivity index (χ2n) is 7.35. The Kier molecular flexibility index (Phi) is 6.75. The number of hydrogen-bond donors (Lipinski definition) is 0. The minimum Gasteiger partial charge on any atom is -0.493 e. The van der Waals surface area contributed by atoms with Gasteiger partial charge in [0, 0.05) is 43.6 Å². The molecular formula is C22H22F5NO2. The number of nitrogens with zero attached hydrogens (tertiary/aromatic N) is 1. The van der Waals surface area contributed by atoms with E-state index in [9.17, 15) is 26.7 Å². The number of carbonyl (C=O) groups is 1. The number of likely N-dealkylation sites (tertiary alicyclic amines) is 1. The van der Waals surface area contributed by atoms with Crippen LogP contribution < -0.4 is 4.74 Å². The molecule has 8 heteroatoms. The Bertz CT molecular complexity index is 855. The van der Waals surface area contributed by atoms with E-state index >= 15 is 0 Å². The first kappa shape index (κ1) is 22.2. The molecule has 1 heterocycles. The van der Waals surface area contributed by atoms with Gasteiger partial charge >= 0.3 is 6.18 Å². The fourth-order valence-electron chi connectivity index (χ4n) is 3.38. The molecule has 1 aliphatic rings. The molecule has 0 bridgehead atoms. The highest BCUT2D eigenvalue weighted by Crippen LogP contribution is 2.34. The molecule has 0 spiro atoms. The number of rotatable bonds is 7. The van der Waals surface area contributed by atoms with Crippen LogP contribution in [0.3, 0.4) is 0 Å². The van der Waals surface area contributed by atoms with E-state index in [1.165, 1.54) is 12.1 Å². The maximum Gasteiger partial charge on any atom is 0.416 e. The van der Waals surface area contributed by atoms with Crippen LogP contribution in [0.15, 0.2) is 42.5 Å². The van der Waals surface area contributed by atoms with Gasteiger partial charge in [0.2, 0.25) is 0 Å². The smallest absolute Gasteiger partial charge is 0.416 e. The van der Waals surface area contributed by atoms with Gasteiger partial charge in [0.25, 0.3) is 5.92 Å². The predicted octanol–water partition coefficient (Wildman–Crippen LogP) is 5.68. The molecule has 0 N–H and O–H groups in total. The Balaban J connectivity index is 1.64. The summed E-state index contributed by atoms with van der Waals surface area (Å²) in [7, 11) is 0. The highest BCUT2D eigenvalue weighted by atomic mass is 19.4. The fourth-order valence-corrected chi connectivity index (χ4v) is 3.38. The lowest BCUT2D eigenvalue weighted by molar-refractivity contribution is -0.137. The molecule has 0 aliphatic carbocycles. The van der Waals surface area contributed by atoms with Crippen molar-refractivity contribution in [2.45, 2.75) is 31.4 Å². The number of ether oxygens (including phenoxy) is 1. The Morgan fingerprint density at radius 2 is 1.70 bits per heavy atom. The van der Waals surface area contributed by atoms with Gasteiger partial charge in [0.05, 0.1) is 12.2 Å². The zero-order chi connectivity index (χ0) is 21.8.